The molecule has 1 rings (SSSR count). The summed E-state index contributed by atoms with van der Waals surface area (Å²) in [4.78, 5) is 11.1. The van der Waals surface area contributed by atoms with Gasteiger partial charge in [0.1, 0.15) is 5.75 Å². The van der Waals surface area contributed by atoms with Crippen LogP contribution in [0, 0.1) is 0 Å². The van der Waals surface area contributed by atoms with E-state index in [1.807, 2.05) is 19.1 Å². The number of ether oxygens (including phenoxy) is 1. The molecular formula is C14H21NO2. The molecule has 1 amide bonds. The predicted molar refractivity (Wildman–Crippen MR) is 70.7 cm³/mol. The highest BCUT2D eigenvalue weighted by atomic mass is 16.5. The minimum Gasteiger partial charge on any atom is -0.493 e. The Bertz CT molecular complexity index is 374. The lowest BCUT2D eigenvalue weighted by atomic mass is 10.0. The van der Waals surface area contributed by atoms with Crippen molar-refractivity contribution in [2.75, 3.05) is 11.9 Å². The second-order valence-corrected chi connectivity index (χ2v) is 3.94. The molecule has 0 saturated heterocycles. The van der Waals surface area contributed by atoms with Crippen LogP contribution in [-0.2, 0) is 17.6 Å². The van der Waals surface area contributed by atoms with Crippen LogP contribution in [0.1, 0.15) is 38.8 Å². The number of nitrogens with one attached hydrogen (secondary N) is 1. The van der Waals surface area contributed by atoms with Crippen molar-refractivity contribution in [1.29, 1.82) is 0 Å². The van der Waals surface area contributed by atoms with Gasteiger partial charge in [0.25, 0.3) is 0 Å². The predicted octanol–water partition coefficient (Wildman–Crippen LogP) is 3.17. The fourth-order valence-corrected chi connectivity index (χ4v) is 1.88. The number of carbonyl (C=O) groups is 1. The third-order valence-electron chi connectivity index (χ3n) is 2.61. The zero-order chi connectivity index (χ0) is 12.8. The van der Waals surface area contributed by atoms with Crippen LogP contribution in [0.15, 0.2) is 12.1 Å². The molecule has 94 valence electrons. The van der Waals surface area contributed by atoms with E-state index in [4.69, 9.17) is 4.74 Å². The van der Waals surface area contributed by atoms with Crippen molar-refractivity contribution in [2.24, 2.45) is 0 Å². The number of hydrogen-bond donors (Lipinski definition) is 1. The van der Waals surface area contributed by atoms with Gasteiger partial charge in [0.05, 0.1) is 6.61 Å². The second-order valence-electron chi connectivity index (χ2n) is 3.94. The number of benzene rings is 1. The van der Waals surface area contributed by atoms with Crippen LogP contribution in [0.5, 0.6) is 5.75 Å². The largest absolute Gasteiger partial charge is 0.493 e. The molecule has 0 heterocycles. The standard InChI is InChI=1S/C14H21NO2/c1-5-11-8-13(15-10(4)16)9-12(6-2)14(11)17-7-3/h8-9H,5-7H2,1-4H3,(H,15,16). The number of rotatable bonds is 5. The van der Waals surface area contributed by atoms with Gasteiger partial charge in [-0.05, 0) is 43.0 Å². The minimum absolute atomic E-state index is 0.0433. The van der Waals surface area contributed by atoms with E-state index in [9.17, 15) is 4.79 Å². The van der Waals surface area contributed by atoms with Gasteiger partial charge in [0.15, 0.2) is 0 Å². The zero-order valence-corrected chi connectivity index (χ0v) is 11.1. The summed E-state index contributed by atoms with van der Waals surface area (Å²) >= 11 is 0. The van der Waals surface area contributed by atoms with Gasteiger partial charge in [-0.1, -0.05) is 13.8 Å². The number of aryl methyl sites for hydroxylation is 2. The van der Waals surface area contributed by atoms with E-state index in [-0.39, 0.29) is 5.91 Å². The third kappa shape index (κ3) is 3.48. The normalized spacial score (nSPS) is 10.1. The van der Waals surface area contributed by atoms with Gasteiger partial charge < -0.3 is 10.1 Å². The quantitative estimate of drug-likeness (QED) is 0.851. The van der Waals surface area contributed by atoms with E-state index in [0.29, 0.717) is 6.61 Å². The van der Waals surface area contributed by atoms with Crippen LogP contribution in [-0.4, -0.2) is 12.5 Å². The summed E-state index contributed by atoms with van der Waals surface area (Å²) < 4.78 is 5.70. The molecule has 3 nitrogen and oxygen atoms in total. The van der Waals surface area contributed by atoms with E-state index >= 15 is 0 Å². The van der Waals surface area contributed by atoms with E-state index in [2.05, 4.69) is 19.2 Å². The lowest BCUT2D eigenvalue weighted by Crippen LogP contribution is -2.08. The molecule has 1 aromatic rings. The first kappa shape index (κ1) is 13.6. The lowest BCUT2D eigenvalue weighted by Gasteiger charge is -2.16. The topological polar surface area (TPSA) is 38.3 Å². The second kappa shape index (κ2) is 6.28. The Morgan fingerprint density at radius 2 is 1.71 bits per heavy atom. The maximum absolute atomic E-state index is 11.1. The van der Waals surface area contributed by atoms with Gasteiger partial charge in [-0.15, -0.1) is 0 Å². The Labute approximate surface area is 103 Å². The van der Waals surface area contributed by atoms with Crippen LogP contribution >= 0.6 is 0 Å². The summed E-state index contributed by atoms with van der Waals surface area (Å²) in [5.41, 5.74) is 3.15. The molecule has 0 aliphatic heterocycles. The molecule has 0 aliphatic rings. The number of carbonyl (C=O) groups excluding carboxylic acids is 1. The van der Waals surface area contributed by atoms with Crippen LogP contribution in [0.3, 0.4) is 0 Å². The molecular weight excluding hydrogens is 214 g/mol. The van der Waals surface area contributed by atoms with Crippen molar-refractivity contribution < 1.29 is 9.53 Å². The highest BCUT2D eigenvalue weighted by Crippen LogP contribution is 2.29. The maximum Gasteiger partial charge on any atom is 0.221 e. The first-order valence-corrected chi connectivity index (χ1v) is 6.18. The molecule has 1 N–H and O–H groups in total. The fraction of sp³-hybridized carbons (Fsp3) is 0.500. The molecule has 0 bridgehead atoms. The maximum atomic E-state index is 11.1. The molecule has 0 radical (unpaired) electrons. The summed E-state index contributed by atoms with van der Waals surface area (Å²) in [6, 6.07) is 3.98. The molecule has 0 fully saturated rings. The Kier molecular flexibility index (Phi) is 5.01. The fourth-order valence-electron chi connectivity index (χ4n) is 1.88. The Hall–Kier alpha value is -1.51. The summed E-state index contributed by atoms with van der Waals surface area (Å²) in [7, 11) is 0. The average molecular weight is 235 g/mol. The number of amides is 1. The molecule has 0 atom stereocenters. The van der Waals surface area contributed by atoms with Crippen molar-refractivity contribution in [2.45, 2.75) is 40.5 Å². The van der Waals surface area contributed by atoms with Crippen LogP contribution in [0.25, 0.3) is 0 Å². The van der Waals surface area contributed by atoms with Gasteiger partial charge in [0, 0.05) is 12.6 Å². The van der Waals surface area contributed by atoms with Gasteiger partial charge in [-0.25, -0.2) is 0 Å². The van der Waals surface area contributed by atoms with Crippen molar-refractivity contribution >= 4 is 11.6 Å². The van der Waals surface area contributed by atoms with Crippen molar-refractivity contribution in [3.63, 3.8) is 0 Å². The SMILES string of the molecule is CCOc1c(CC)cc(NC(C)=O)cc1CC. The molecule has 0 aromatic heterocycles. The summed E-state index contributed by atoms with van der Waals surface area (Å²) in [5, 5.41) is 2.83. The first-order valence-electron chi connectivity index (χ1n) is 6.18. The average Bonchev–Trinajstić information content (AvgIpc) is 2.30. The molecule has 3 heteroatoms. The number of hydrogen-bond acceptors (Lipinski definition) is 2. The highest BCUT2D eigenvalue weighted by Gasteiger charge is 2.10. The first-order chi connectivity index (χ1) is 8.12. The summed E-state index contributed by atoms with van der Waals surface area (Å²) in [6.45, 7) is 8.36. The zero-order valence-electron chi connectivity index (χ0n) is 11.1. The van der Waals surface area contributed by atoms with E-state index in [0.717, 1.165) is 35.4 Å². The monoisotopic (exact) mass is 235 g/mol. The van der Waals surface area contributed by atoms with Gasteiger partial charge in [0.2, 0.25) is 5.91 Å². The Morgan fingerprint density at radius 3 is 2.06 bits per heavy atom. The van der Waals surface area contributed by atoms with E-state index in [1.165, 1.54) is 6.92 Å². The van der Waals surface area contributed by atoms with E-state index in [1.54, 1.807) is 0 Å². The number of anilines is 1. The van der Waals surface area contributed by atoms with Crippen LogP contribution in [0.2, 0.25) is 0 Å². The van der Waals surface area contributed by atoms with Crippen LogP contribution in [0.4, 0.5) is 5.69 Å². The van der Waals surface area contributed by atoms with Crippen molar-refractivity contribution in [3.05, 3.63) is 23.3 Å². The van der Waals surface area contributed by atoms with E-state index < -0.39 is 0 Å². The Balaban J connectivity index is 3.18. The van der Waals surface area contributed by atoms with Gasteiger partial charge in [-0.3, -0.25) is 4.79 Å². The molecule has 0 aliphatic carbocycles. The Morgan fingerprint density at radius 1 is 1.18 bits per heavy atom. The van der Waals surface area contributed by atoms with Gasteiger partial charge >= 0.3 is 0 Å². The molecule has 0 spiro atoms. The molecule has 0 saturated carbocycles. The molecule has 1 aromatic carbocycles. The molecule has 17 heavy (non-hydrogen) atoms. The third-order valence-corrected chi connectivity index (χ3v) is 2.61. The minimum atomic E-state index is -0.0433. The van der Waals surface area contributed by atoms with Gasteiger partial charge in [-0.2, -0.15) is 0 Å². The van der Waals surface area contributed by atoms with Crippen LogP contribution < -0.4 is 10.1 Å². The summed E-state index contributed by atoms with van der Waals surface area (Å²) in [6.07, 6.45) is 1.80. The van der Waals surface area contributed by atoms with Crippen molar-refractivity contribution in [3.8, 4) is 5.75 Å². The summed E-state index contributed by atoms with van der Waals surface area (Å²) in [5.74, 6) is 0.935. The molecule has 0 unspecified atom stereocenters. The highest BCUT2D eigenvalue weighted by molar-refractivity contribution is 5.89. The lowest BCUT2D eigenvalue weighted by molar-refractivity contribution is -0.114. The smallest absolute Gasteiger partial charge is 0.221 e. The van der Waals surface area contributed by atoms with Crippen molar-refractivity contribution in [1.82, 2.24) is 0 Å².